The number of nitrogens with one attached hydrogen (secondary N) is 1. The van der Waals surface area contributed by atoms with E-state index in [1.807, 2.05) is 6.92 Å². The fourth-order valence-electron chi connectivity index (χ4n) is 2.21. The average molecular weight is 236 g/mol. The zero-order valence-electron chi connectivity index (χ0n) is 10.7. The number of rotatable bonds is 2. The molecule has 0 saturated carbocycles. The van der Waals surface area contributed by atoms with Gasteiger partial charge in [-0.25, -0.2) is 0 Å². The molecule has 1 aromatic heterocycles. The number of ether oxygens (including phenoxy) is 1. The maximum atomic E-state index is 11.5. The minimum Gasteiger partial charge on any atom is -0.369 e. The zero-order valence-corrected chi connectivity index (χ0v) is 10.7. The van der Waals surface area contributed by atoms with Crippen molar-refractivity contribution in [3.05, 3.63) is 33.7 Å². The summed E-state index contributed by atoms with van der Waals surface area (Å²) in [7, 11) is 0. The van der Waals surface area contributed by atoms with Crippen LogP contribution in [0.25, 0.3) is 0 Å². The van der Waals surface area contributed by atoms with Crippen LogP contribution in [0, 0.1) is 6.92 Å². The second-order valence-corrected chi connectivity index (χ2v) is 4.90. The Balaban J connectivity index is 2.18. The molecule has 2 heterocycles. The Hall–Kier alpha value is -1.13. The molecule has 0 unspecified atom stereocenters. The molecule has 1 N–H and O–H groups in total. The van der Waals surface area contributed by atoms with Crippen molar-refractivity contribution in [3.8, 4) is 0 Å². The summed E-state index contributed by atoms with van der Waals surface area (Å²) in [5.41, 5.74) is 1.82. The Morgan fingerprint density at radius 2 is 2.24 bits per heavy atom. The Labute approximate surface area is 102 Å². The van der Waals surface area contributed by atoms with Gasteiger partial charge in [-0.2, -0.15) is 0 Å². The molecule has 1 aromatic rings. The molecule has 1 saturated heterocycles. The molecule has 4 nitrogen and oxygen atoms in total. The second-order valence-electron chi connectivity index (χ2n) is 4.90. The molecule has 0 radical (unpaired) electrons. The standard InChI is InChI=1S/C13H20N2O2/c1-9(2)15-4-5-17-13(8-15)12-7-11(16)6-10(3)14-12/h6-7,9,13H,4-5,8H2,1-3H3,(H,14,16)/t13-/m1/s1. The van der Waals surface area contributed by atoms with Gasteiger partial charge in [-0.3, -0.25) is 9.69 Å². The first kappa shape index (κ1) is 12.3. The van der Waals surface area contributed by atoms with Gasteiger partial charge in [0.15, 0.2) is 5.43 Å². The van der Waals surface area contributed by atoms with Crippen molar-refractivity contribution in [1.82, 2.24) is 9.88 Å². The van der Waals surface area contributed by atoms with E-state index in [4.69, 9.17) is 4.74 Å². The van der Waals surface area contributed by atoms with Gasteiger partial charge in [0.2, 0.25) is 0 Å². The number of hydrogen-bond acceptors (Lipinski definition) is 3. The van der Waals surface area contributed by atoms with Crippen LogP contribution in [0.2, 0.25) is 0 Å². The summed E-state index contributed by atoms with van der Waals surface area (Å²) in [6.07, 6.45) is -0.0150. The van der Waals surface area contributed by atoms with Gasteiger partial charge in [-0.1, -0.05) is 0 Å². The van der Waals surface area contributed by atoms with Crippen molar-refractivity contribution in [2.24, 2.45) is 0 Å². The summed E-state index contributed by atoms with van der Waals surface area (Å²) >= 11 is 0. The highest BCUT2D eigenvalue weighted by atomic mass is 16.5. The fraction of sp³-hybridized carbons (Fsp3) is 0.615. The summed E-state index contributed by atoms with van der Waals surface area (Å²) in [6, 6.07) is 3.76. The number of nitrogens with zero attached hydrogens (tertiary/aromatic N) is 1. The molecule has 1 atom stereocenters. The first-order chi connectivity index (χ1) is 8.06. The van der Waals surface area contributed by atoms with Gasteiger partial charge in [0.25, 0.3) is 0 Å². The largest absolute Gasteiger partial charge is 0.369 e. The molecule has 94 valence electrons. The lowest BCUT2D eigenvalue weighted by molar-refractivity contribution is -0.0422. The fourth-order valence-corrected chi connectivity index (χ4v) is 2.21. The number of pyridine rings is 1. The van der Waals surface area contributed by atoms with E-state index in [2.05, 4.69) is 23.7 Å². The van der Waals surface area contributed by atoms with Crippen molar-refractivity contribution in [3.63, 3.8) is 0 Å². The first-order valence-electron chi connectivity index (χ1n) is 6.13. The lowest BCUT2D eigenvalue weighted by Crippen LogP contribution is -2.42. The molecular weight excluding hydrogens is 216 g/mol. The molecule has 1 fully saturated rings. The molecule has 0 aliphatic carbocycles. The normalized spacial score (nSPS) is 22.0. The Morgan fingerprint density at radius 1 is 1.47 bits per heavy atom. The van der Waals surface area contributed by atoms with Gasteiger partial charge in [-0.15, -0.1) is 0 Å². The Kier molecular flexibility index (Phi) is 3.64. The summed E-state index contributed by atoms with van der Waals surface area (Å²) in [5.74, 6) is 0. The third-order valence-corrected chi connectivity index (χ3v) is 3.17. The lowest BCUT2D eigenvalue weighted by atomic mass is 10.1. The summed E-state index contributed by atoms with van der Waals surface area (Å²) in [4.78, 5) is 17.1. The minimum absolute atomic E-state index is 0.0150. The lowest BCUT2D eigenvalue weighted by Gasteiger charge is -2.35. The molecule has 2 rings (SSSR count). The molecule has 0 spiro atoms. The van der Waals surface area contributed by atoms with Crippen LogP contribution < -0.4 is 5.43 Å². The van der Waals surface area contributed by atoms with Crippen LogP contribution in [0.3, 0.4) is 0 Å². The van der Waals surface area contributed by atoms with Crippen LogP contribution in [0.15, 0.2) is 16.9 Å². The van der Waals surface area contributed by atoms with Gasteiger partial charge in [0.05, 0.1) is 6.61 Å². The highest BCUT2D eigenvalue weighted by molar-refractivity contribution is 5.13. The molecule has 0 aromatic carbocycles. The van der Waals surface area contributed by atoms with Gasteiger partial charge < -0.3 is 9.72 Å². The van der Waals surface area contributed by atoms with Crippen molar-refractivity contribution < 1.29 is 4.74 Å². The predicted molar refractivity (Wildman–Crippen MR) is 67.2 cm³/mol. The number of H-pyrrole nitrogens is 1. The zero-order chi connectivity index (χ0) is 12.4. The maximum absolute atomic E-state index is 11.5. The van der Waals surface area contributed by atoms with Crippen LogP contribution in [0.1, 0.15) is 31.3 Å². The van der Waals surface area contributed by atoms with Crippen LogP contribution in [-0.4, -0.2) is 35.6 Å². The van der Waals surface area contributed by atoms with Crippen molar-refractivity contribution in [2.45, 2.75) is 32.9 Å². The Morgan fingerprint density at radius 3 is 2.88 bits per heavy atom. The first-order valence-corrected chi connectivity index (χ1v) is 6.13. The highest BCUT2D eigenvalue weighted by Gasteiger charge is 2.24. The quantitative estimate of drug-likeness (QED) is 0.845. The second kappa shape index (κ2) is 5.02. The van der Waals surface area contributed by atoms with E-state index in [-0.39, 0.29) is 11.5 Å². The molecule has 0 bridgehead atoms. The van der Waals surface area contributed by atoms with Gasteiger partial charge >= 0.3 is 0 Å². The predicted octanol–water partition coefficient (Wildman–Crippen LogP) is 1.47. The van der Waals surface area contributed by atoms with Gasteiger partial charge in [0.1, 0.15) is 6.10 Å². The number of hydrogen-bond donors (Lipinski definition) is 1. The minimum atomic E-state index is -0.0150. The van der Waals surface area contributed by atoms with Crippen molar-refractivity contribution in [1.29, 1.82) is 0 Å². The van der Waals surface area contributed by atoms with Gasteiger partial charge in [0, 0.05) is 42.7 Å². The number of aromatic nitrogens is 1. The van der Waals surface area contributed by atoms with E-state index < -0.39 is 0 Å². The summed E-state index contributed by atoms with van der Waals surface area (Å²) in [5, 5.41) is 0. The molecule has 1 aliphatic rings. The average Bonchev–Trinajstić information content (AvgIpc) is 2.28. The summed E-state index contributed by atoms with van der Waals surface area (Å²) in [6.45, 7) is 8.79. The molecule has 4 heteroatoms. The van der Waals surface area contributed by atoms with E-state index >= 15 is 0 Å². The van der Waals surface area contributed by atoms with Crippen molar-refractivity contribution >= 4 is 0 Å². The van der Waals surface area contributed by atoms with E-state index in [9.17, 15) is 4.79 Å². The van der Waals surface area contributed by atoms with Gasteiger partial charge in [-0.05, 0) is 20.8 Å². The molecule has 1 aliphatic heterocycles. The molecular formula is C13H20N2O2. The SMILES string of the molecule is Cc1cc(=O)cc([C@H]2CN(C(C)C)CCO2)[nH]1. The van der Waals surface area contributed by atoms with Crippen LogP contribution in [-0.2, 0) is 4.74 Å². The Bertz CT molecular complexity index is 439. The smallest absolute Gasteiger partial charge is 0.182 e. The number of aromatic amines is 1. The maximum Gasteiger partial charge on any atom is 0.182 e. The van der Waals surface area contributed by atoms with Crippen molar-refractivity contribution in [2.75, 3.05) is 19.7 Å². The summed E-state index contributed by atoms with van der Waals surface area (Å²) < 4.78 is 5.74. The molecule has 0 amide bonds. The van der Waals surface area contributed by atoms with E-state index in [1.165, 1.54) is 0 Å². The van der Waals surface area contributed by atoms with Crippen LogP contribution in [0.4, 0.5) is 0 Å². The third kappa shape index (κ3) is 2.96. The monoisotopic (exact) mass is 236 g/mol. The topological polar surface area (TPSA) is 45.3 Å². The number of morpholine rings is 1. The highest BCUT2D eigenvalue weighted by Crippen LogP contribution is 2.21. The van der Waals surface area contributed by atoms with E-state index in [0.29, 0.717) is 6.04 Å². The molecule has 17 heavy (non-hydrogen) atoms. The van der Waals surface area contributed by atoms with Crippen LogP contribution in [0.5, 0.6) is 0 Å². The number of aryl methyl sites for hydroxylation is 1. The van der Waals surface area contributed by atoms with E-state index in [0.717, 1.165) is 31.1 Å². The van der Waals surface area contributed by atoms with E-state index in [1.54, 1.807) is 12.1 Å². The van der Waals surface area contributed by atoms with Crippen LogP contribution >= 0.6 is 0 Å². The third-order valence-electron chi connectivity index (χ3n) is 3.17.